The second-order valence-corrected chi connectivity index (χ2v) is 10.4. The van der Waals surface area contributed by atoms with E-state index < -0.39 is 44.7 Å². The highest BCUT2D eigenvalue weighted by molar-refractivity contribution is 7.72. The number of carbonyl (C=O) groups is 1. The van der Waals surface area contributed by atoms with Gasteiger partial charge in [0.15, 0.2) is 5.40 Å². The highest BCUT2D eigenvalue weighted by Crippen LogP contribution is 2.71. The molecule has 0 aliphatic carbocycles. The molecule has 29 heavy (non-hydrogen) atoms. The van der Waals surface area contributed by atoms with Crippen LogP contribution in [0.4, 0.5) is 0 Å². The van der Waals surface area contributed by atoms with E-state index in [0.717, 1.165) is 12.1 Å². The van der Waals surface area contributed by atoms with Crippen molar-refractivity contribution in [3.63, 3.8) is 0 Å². The normalized spacial score (nSPS) is 12.4. The first kappa shape index (κ1) is 25.7. The summed E-state index contributed by atoms with van der Waals surface area (Å²) in [5, 5.41) is 17.7. The molecule has 0 unspecified atom stereocenters. The lowest BCUT2D eigenvalue weighted by molar-refractivity contribution is -0.145. The number of rotatable bonds is 14. The van der Waals surface area contributed by atoms with Crippen LogP contribution in [0.15, 0.2) is 12.1 Å². The minimum absolute atomic E-state index is 0.0155. The SMILES string of the molecule is CCOP(=O)(OCC)C(CCC(=O)On1c(O)ccc1O)P(=O)(OCC)OCC. The Bertz CT molecular complexity index is 681. The second kappa shape index (κ2) is 11.7. The third-order valence-electron chi connectivity index (χ3n) is 3.56. The van der Waals surface area contributed by atoms with Gasteiger partial charge in [-0.15, -0.1) is 4.73 Å². The number of hydrogen-bond donors (Lipinski definition) is 2. The van der Waals surface area contributed by atoms with Gasteiger partial charge in [0.25, 0.3) is 0 Å². The average Bonchev–Trinajstić information content (AvgIpc) is 2.94. The van der Waals surface area contributed by atoms with Gasteiger partial charge in [0, 0.05) is 18.6 Å². The average molecular weight is 457 g/mol. The van der Waals surface area contributed by atoms with Gasteiger partial charge in [-0.2, -0.15) is 0 Å². The van der Waals surface area contributed by atoms with Crippen LogP contribution in [-0.4, -0.2) is 52.7 Å². The molecule has 0 fully saturated rings. The summed E-state index contributed by atoms with van der Waals surface area (Å²) in [7, 11) is -7.97. The molecule has 0 amide bonds. The van der Waals surface area contributed by atoms with Crippen LogP contribution in [-0.2, 0) is 32.0 Å². The Hall–Kier alpha value is -1.35. The molecule has 0 aliphatic heterocycles. The molecule has 1 heterocycles. The molecule has 0 spiro atoms. The third kappa shape index (κ3) is 6.84. The van der Waals surface area contributed by atoms with E-state index in [2.05, 4.69) is 0 Å². The van der Waals surface area contributed by atoms with Gasteiger partial charge >= 0.3 is 21.2 Å². The van der Waals surface area contributed by atoms with E-state index in [4.69, 9.17) is 22.9 Å². The van der Waals surface area contributed by atoms with E-state index in [-0.39, 0.29) is 32.8 Å². The molecule has 0 atom stereocenters. The van der Waals surface area contributed by atoms with Crippen molar-refractivity contribution in [2.45, 2.75) is 45.9 Å². The zero-order valence-electron chi connectivity index (χ0n) is 17.0. The molecule has 0 aromatic carbocycles. The van der Waals surface area contributed by atoms with Crippen molar-refractivity contribution in [3.05, 3.63) is 12.1 Å². The van der Waals surface area contributed by atoms with Gasteiger partial charge in [0.1, 0.15) is 0 Å². The molecule has 0 saturated carbocycles. The Balaban J connectivity index is 3.11. The first-order chi connectivity index (χ1) is 13.7. The fourth-order valence-corrected chi connectivity index (χ4v) is 7.87. The van der Waals surface area contributed by atoms with Crippen LogP contribution in [0, 0.1) is 0 Å². The number of hydrogen-bond acceptors (Lipinski definition) is 10. The van der Waals surface area contributed by atoms with Crippen molar-refractivity contribution in [1.82, 2.24) is 4.73 Å². The maximum absolute atomic E-state index is 13.3. The van der Waals surface area contributed by atoms with Gasteiger partial charge in [-0.05, 0) is 34.1 Å². The van der Waals surface area contributed by atoms with E-state index in [1.54, 1.807) is 27.7 Å². The first-order valence-electron chi connectivity index (χ1n) is 9.25. The van der Waals surface area contributed by atoms with Crippen LogP contribution in [0.2, 0.25) is 0 Å². The van der Waals surface area contributed by atoms with E-state index >= 15 is 0 Å². The zero-order valence-corrected chi connectivity index (χ0v) is 18.8. The fourth-order valence-electron chi connectivity index (χ4n) is 2.52. The Morgan fingerprint density at radius 1 is 0.897 bits per heavy atom. The van der Waals surface area contributed by atoms with Gasteiger partial charge in [-0.1, -0.05) is 0 Å². The largest absolute Gasteiger partial charge is 0.492 e. The third-order valence-corrected chi connectivity index (χ3v) is 9.71. The number of carbonyl (C=O) groups excluding carboxylic acids is 1. The fraction of sp³-hybridized carbons (Fsp3) is 0.688. The quantitative estimate of drug-likeness (QED) is 0.399. The van der Waals surface area contributed by atoms with Crippen molar-refractivity contribution in [1.29, 1.82) is 0 Å². The van der Waals surface area contributed by atoms with Gasteiger partial charge in [-0.25, -0.2) is 4.79 Å². The molecule has 168 valence electrons. The van der Waals surface area contributed by atoms with E-state index in [9.17, 15) is 24.1 Å². The monoisotopic (exact) mass is 457 g/mol. The summed E-state index contributed by atoms with van der Waals surface area (Å²) >= 11 is 0. The van der Waals surface area contributed by atoms with Crippen molar-refractivity contribution in [2.24, 2.45) is 0 Å². The standard InChI is InChI=1S/C16H29NO10P2/c1-5-23-28(21,24-6-2)16(29(22,25-7-3)26-8-4)12-11-15(20)27-17-13(18)9-10-14(17)19/h9-10,16,18-19H,5-8,11-12H2,1-4H3. The van der Waals surface area contributed by atoms with Gasteiger partial charge in [0.2, 0.25) is 11.8 Å². The molecule has 1 aromatic heterocycles. The van der Waals surface area contributed by atoms with E-state index in [1.165, 1.54) is 0 Å². The zero-order chi connectivity index (χ0) is 22.1. The predicted octanol–water partition coefficient (Wildman–Crippen LogP) is 3.49. The Morgan fingerprint density at radius 3 is 1.62 bits per heavy atom. The molecule has 0 saturated heterocycles. The Labute approximate surface area is 169 Å². The summed E-state index contributed by atoms with van der Waals surface area (Å²) in [6.07, 6.45) is -0.661. The smallest absolute Gasteiger partial charge is 0.345 e. The Morgan fingerprint density at radius 2 is 1.28 bits per heavy atom. The Kier molecular flexibility index (Phi) is 10.4. The van der Waals surface area contributed by atoms with Crippen molar-refractivity contribution in [2.75, 3.05) is 26.4 Å². The number of aromatic nitrogens is 1. The van der Waals surface area contributed by atoms with Gasteiger partial charge in [0.05, 0.1) is 26.4 Å². The lowest BCUT2D eigenvalue weighted by Crippen LogP contribution is -2.23. The second-order valence-electron chi connectivity index (χ2n) is 5.58. The summed E-state index contributed by atoms with van der Waals surface area (Å²) in [5.74, 6) is -1.87. The van der Waals surface area contributed by atoms with Crippen molar-refractivity contribution < 1.29 is 47.1 Å². The molecule has 11 nitrogen and oxygen atoms in total. The number of aromatic hydroxyl groups is 2. The topological polar surface area (TPSA) is 143 Å². The van der Waals surface area contributed by atoms with Crippen molar-refractivity contribution in [3.8, 4) is 11.8 Å². The first-order valence-corrected chi connectivity index (χ1v) is 12.5. The summed E-state index contributed by atoms with van der Waals surface area (Å²) in [4.78, 5) is 17.1. The maximum atomic E-state index is 13.3. The van der Waals surface area contributed by atoms with Crippen molar-refractivity contribution >= 4 is 21.2 Å². The molecule has 2 N–H and O–H groups in total. The summed E-state index contributed by atoms with van der Waals surface area (Å²) in [6.45, 7) is 6.45. The lowest BCUT2D eigenvalue weighted by Gasteiger charge is -2.31. The molecule has 1 aromatic rings. The molecular weight excluding hydrogens is 428 g/mol. The number of nitrogens with zero attached hydrogens (tertiary/aromatic N) is 1. The minimum Gasteiger partial charge on any atom is -0.492 e. The summed E-state index contributed by atoms with van der Waals surface area (Å²) in [5.41, 5.74) is 0. The molecular formula is C16H29NO10P2. The van der Waals surface area contributed by atoms with E-state index in [0.29, 0.717) is 4.73 Å². The van der Waals surface area contributed by atoms with Gasteiger partial charge in [-0.3, -0.25) is 9.13 Å². The van der Waals surface area contributed by atoms with Crippen LogP contribution < -0.4 is 4.84 Å². The molecule has 0 radical (unpaired) electrons. The summed E-state index contributed by atoms with van der Waals surface area (Å²) < 4.78 is 48.4. The summed E-state index contributed by atoms with van der Waals surface area (Å²) in [6, 6.07) is 2.25. The highest BCUT2D eigenvalue weighted by Gasteiger charge is 2.50. The molecule has 1 rings (SSSR count). The molecule has 13 heteroatoms. The lowest BCUT2D eigenvalue weighted by atomic mass is 10.3. The minimum atomic E-state index is -3.98. The van der Waals surface area contributed by atoms with Gasteiger partial charge < -0.3 is 33.1 Å². The van der Waals surface area contributed by atoms with Crippen LogP contribution in [0.1, 0.15) is 40.5 Å². The van der Waals surface area contributed by atoms with E-state index in [1.807, 2.05) is 0 Å². The molecule has 0 aliphatic rings. The molecule has 0 bridgehead atoms. The predicted molar refractivity (Wildman–Crippen MR) is 104 cm³/mol. The maximum Gasteiger partial charge on any atom is 0.345 e. The van der Waals surface area contributed by atoms with Crippen LogP contribution in [0.3, 0.4) is 0 Å². The van der Waals surface area contributed by atoms with Crippen LogP contribution in [0.25, 0.3) is 0 Å². The van der Waals surface area contributed by atoms with Crippen LogP contribution >= 0.6 is 15.2 Å². The van der Waals surface area contributed by atoms with Crippen LogP contribution in [0.5, 0.6) is 11.8 Å². The highest BCUT2D eigenvalue weighted by atomic mass is 31.2.